The van der Waals surface area contributed by atoms with E-state index in [-0.39, 0.29) is 0 Å². The number of unbranched alkanes of at least 4 members (excludes halogenated alkanes) is 1. The van der Waals surface area contributed by atoms with Gasteiger partial charge in [0, 0.05) is 12.6 Å². The second-order valence-corrected chi connectivity index (χ2v) is 6.04. The molecule has 0 aliphatic heterocycles. The molecule has 1 atom stereocenters. The Labute approximate surface area is 129 Å². The number of thioether (sulfide) groups is 1. The third kappa shape index (κ3) is 6.29. The largest absolute Gasteiger partial charge is 0.315 e. The van der Waals surface area contributed by atoms with Crippen molar-refractivity contribution >= 4 is 11.8 Å². The van der Waals surface area contributed by atoms with Crippen LogP contribution in [0.5, 0.6) is 0 Å². The van der Waals surface area contributed by atoms with Gasteiger partial charge in [0.25, 0.3) is 0 Å². The van der Waals surface area contributed by atoms with Crippen LogP contribution < -0.4 is 5.32 Å². The topological polar surface area (TPSA) is 15.3 Å². The Balaban J connectivity index is 2.47. The van der Waals surface area contributed by atoms with Gasteiger partial charge in [0.05, 0.1) is 0 Å². The summed E-state index contributed by atoms with van der Waals surface area (Å²) in [5.74, 6) is 1.28. The molecule has 0 amide bonds. The molecule has 3 heteroatoms. The highest BCUT2D eigenvalue weighted by Crippen LogP contribution is 2.19. The van der Waals surface area contributed by atoms with Gasteiger partial charge in [-0.15, -0.1) is 0 Å². The molecule has 1 N–H and O–H groups in total. The lowest BCUT2D eigenvalue weighted by Crippen LogP contribution is -2.36. The smallest absolute Gasteiger partial charge is 0.0472 e. The molecule has 1 unspecified atom stereocenters. The standard InChI is InChI=1S/C17H30N2S/c1-4-19(5-2)17(16-11-7-6-8-12-16)15-18-13-9-10-14-20-3/h6-8,11-12,17-18H,4-5,9-10,13-15H2,1-3H3. The number of benzene rings is 1. The van der Waals surface area contributed by atoms with Crippen LogP contribution in [0.1, 0.15) is 38.3 Å². The van der Waals surface area contributed by atoms with Crippen molar-refractivity contribution in [3.63, 3.8) is 0 Å². The average molecular weight is 295 g/mol. The molecule has 0 saturated heterocycles. The maximum Gasteiger partial charge on any atom is 0.0472 e. The summed E-state index contributed by atoms with van der Waals surface area (Å²) < 4.78 is 0. The molecule has 2 nitrogen and oxygen atoms in total. The molecule has 0 fully saturated rings. The zero-order valence-corrected chi connectivity index (χ0v) is 14.1. The summed E-state index contributed by atoms with van der Waals surface area (Å²) >= 11 is 1.94. The van der Waals surface area contributed by atoms with Crippen molar-refractivity contribution in [1.29, 1.82) is 0 Å². The van der Waals surface area contributed by atoms with Gasteiger partial charge in [-0.05, 0) is 50.0 Å². The summed E-state index contributed by atoms with van der Waals surface area (Å²) in [6.07, 6.45) is 4.77. The van der Waals surface area contributed by atoms with E-state index in [1.54, 1.807) is 0 Å². The van der Waals surface area contributed by atoms with Crippen LogP contribution in [-0.2, 0) is 0 Å². The summed E-state index contributed by atoms with van der Waals surface area (Å²) in [5.41, 5.74) is 1.42. The van der Waals surface area contributed by atoms with Crippen LogP contribution >= 0.6 is 11.8 Å². The molecule has 0 saturated carbocycles. The molecule has 0 radical (unpaired) electrons. The van der Waals surface area contributed by atoms with E-state index in [0.29, 0.717) is 6.04 Å². The van der Waals surface area contributed by atoms with Gasteiger partial charge >= 0.3 is 0 Å². The molecular weight excluding hydrogens is 264 g/mol. The van der Waals surface area contributed by atoms with E-state index >= 15 is 0 Å². The van der Waals surface area contributed by atoms with Crippen molar-refractivity contribution in [3.05, 3.63) is 35.9 Å². The van der Waals surface area contributed by atoms with E-state index < -0.39 is 0 Å². The lowest BCUT2D eigenvalue weighted by Gasteiger charge is -2.30. The zero-order valence-electron chi connectivity index (χ0n) is 13.3. The molecule has 0 aliphatic carbocycles. The minimum atomic E-state index is 0.492. The minimum Gasteiger partial charge on any atom is -0.315 e. The van der Waals surface area contributed by atoms with E-state index in [1.165, 1.54) is 24.2 Å². The van der Waals surface area contributed by atoms with Gasteiger partial charge in [0.2, 0.25) is 0 Å². The molecule has 0 aromatic heterocycles. The Morgan fingerprint density at radius 2 is 1.80 bits per heavy atom. The SMILES string of the molecule is CCN(CC)C(CNCCCCSC)c1ccccc1. The Kier molecular flexibility index (Phi) is 9.81. The first-order valence-corrected chi connectivity index (χ1v) is 9.21. The van der Waals surface area contributed by atoms with Gasteiger partial charge < -0.3 is 5.32 Å². The number of nitrogens with one attached hydrogen (secondary N) is 1. The lowest BCUT2D eigenvalue weighted by atomic mass is 10.1. The van der Waals surface area contributed by atoms with Crippen molar-refractivity contribution in [2.24, 2.45) is 0 Å². The molecule has 0 aliphatic rings. The number of hydrogen-bond acceptors (Lipinski definition) is 3. The molecular formula is C17H30N2S. The van der Waals surface area contributed by atoms with Crippen molar-refractivity contribution in [2.45, 2.75) is 32.7 Å². The van der Waals surface area contributed by atoms with Gasteiger partial charge in [-0.25, -0.2) is 0 Å². The first-order valence-electron chi connectivity index (χ1n) is 7.82. The molecule has 1 rings (SSSR count). The van der Waals surface area contributed by atoms with Crippen LogP contribution in [-0.4, -0.2) is 43.1 Å². The van der Waals surface area contributed by atoms with E-state index in [1.807, 2.05) is 11.8 Å². The summed E-state index contributed by atoms with van der Waals surface area (Å²) in [4.78, 5) is 2.53. The van der Waals surface area contributed by atoms with Crippen LogP contribution in [0.3, 0.4) is 0 Å². The van der Waals surface area contributed by atoms with Crippen molar-refractivity contribution in [3.8, 4) is 0 Å². The maximum atomic E-state index is 3.64. The quantitative estimate of drug-likeness (QED) is 0.625. The normalized spacial score (nSPS) is 12.8. The van der Waals surface area contributed by atoms with Crippen molar-refractivity contribution < 1.29 is 0 Å². The third-order valence-electron chi connectivity index (χ3n) is 3.73. The minimum absolute atomic E-state index is 0.492. The summed E-state index contributed by atoms with van der Waals surface area (Å²) in [5, 5.41) is 3.64. The Morgan fingerprint density at radius 3 is 2.40 bits per heavy atom. The second-order valence-electron chi connectivity index (χ2n) is 5.05. The fourth-order valence-corrected chi connectivity index (χ4v) is 3.03. The number of likely N-dealkylation sites (N-methyl/N-ethyl adjacent to an activating group) is 1. The van der Waals surface area contributed by atoms with Gasteiger partial charge in [0.15, 0.2) is 0 Å². The van der Waals surface area contributed by atoms with Crippen LogP contribution in [0.2, 0.25) is 0 Å². The lowest BCUT2D eigenvalue weighted by molar-refractivity contribution is 0.213. The highest BCUT2D eigenvalue weighted by molar-refractivity contribution is 7.98. The predicted octanol–water partition coefficient (Wildman–Crippen LogP) is 3.80. The average Bonchev–Trinajstić information content (AvgIpc) is 2.50. The molecule has 20 heavy (non-hydrogen) atoms. The summed E-state index contributed by atoms with van der Waals surface area (Å²) in [7, 11) is 0. The Bertz CT molecular complexity index is 325. The van der Waals surface area contributed by atoms with E-state index in [9.17, 15) is 0 Å². The number of rotatable bonds is 11. The molecule has 1 aromatic carbocycles. The van der Waals surface area contributed by atoms with Crippen LogP contribution in [0.15, 0.2) is 30.3 Å². The molecule has 1 aromatic rings. The highest BCUT2D eigenvalue weighted by Gasteiger charge is 2.16. The fraction of sp³-hybridized carbons (Fsp3) is 0.647. The van der Waals surface area contributed by atoms with Crippen LogP contribution in [0, 0.1) is 0 Å². The van der Waals surface area contributed by atoms with E-state index in [0.717, 1.165) is 26.2 Å². The van der Waals surface area contributed by atoms with Gasteiger partial charge in [0.1, 0.15) is 0 Å². The Morgan fingerprint density at radius 1 is 1.10 bits per heavy atom. The predicted molar refractivity (Wildman–Crippen MR) is 92.6 cm³/mol. The van der Waals surface area contributed by atoms with Gasteiger partial charge in [-0.3, -0.25) is 4.90 Å². The highest BCUT2D eigenvalue weighted by atomic mass is 32.2. The first-order chi connectivity index (χ1) is 9.83. The fourth-order valence-electron chi connectivity index (χ4n) is 2.53. The first kappa shape index (κ1) is 17.5. The maximum absolute atomic E-state index is 3.64. The van der Waals surface area contributed by atoms with Gasteiger partial charge in [-0.1, -0.05) is 44.2 Å². The molecule has 0 spiro atoms. The monoisotopic (exact) mass is 294 g/mol. The number of hydrogen-bond donors (Lipinski definition) is 1. The zero-order chi connectivity index (χ0) is 14.6. The summed E-state index contributed by atoms with van der Waals surface area (Å²) in [6, 6.07) is 11.4. The molecule has 0 bridgehead atoms. The van der Waals surface area contributed by atoms with Crippen LogP contribution in [0.25, 0.3) is 0 Å². The van der Waals surface area contributed by atoms with Gasteiger partial charge in [-0.2, -0.15) is 11.8 Å². The third-order valence-corrected chi connectivity index (χ3v) is 4.42. The van der Waals surface area contributed by atoms with Crippen molar-refractivity contribution in [1.82, 2.24) is 10.2 Å². The van der Waals surface area contributed by atoms with Crippen molar-refractivity contribution in [2.75, 3.05) is 38.2 Å². The van der Waals surface area contributed by atoms with E-state index in [2.05, 4.69) is 60.7 Å². The summed E-state index contributed by atoms with van der Waals surface area (Å²) in [6.45, 7) is 8.88. The van der Waals surface area contributed by atoms with Crippen LogP contribution in [0.4, 0.5) is 0 Å². The molecule has 0 heterocycles. The number of nitrogens with zero attached hydrogens (tertiary/aromatic N) is 1. The molecule has 114 valence electrons. The van der Waals surface area contributed by atoms with E-state index in [4.69, 9.17) is 0 Å². The Hall–Kier alpha value is -0.510. The second kappa shape index (κ2) is 11.2.